The lowest BCUT2D eigenvalue weighted by Gasteiger charge is -2.14. The topological polar surface area (TPSA) is 66.0 Å². The van der Waals surface area contributed by atoms with Crippen LogP contribution in [0, 0.1) is 0 Å². The highest BCUT2D eigenvalue weighted by Crippen LogP contribution is 2.17. The first-order valence-electron chi connectivity index (χ1n) is 9.94. The monoisotopic (exact) mass is 807 g/mol. The van der Waals surface area contributed by atoms with Crippen LogP contribution < -0.4 is 17.1 Å². The van der Waals surface area contributed by atoms with Crippen molar-refractivity contribution in [2.75, 3.05) is 0 Å². The summed E-state index contributed by atoms with van der Waals surface area (Å²) in [5.74, 6) is 0. The van der Waals surface area contributed by atoms with Gasteiger partial charge in [0.2, 0.25) is 0 Å². The van der Waals surface area contributed by atoms with E-state index in [9.17, 15) is 14.4 Å². The first kappa shape index (κ1) is 29.3. The molecule has 1 aromatic rings. The van der Waals surface area contributed by atoms with Crippen LogP contribution in [0.2, 0.25) is 0 Å². The molecule has 30 heavy (non-hydrogen) atoms. The molecule has 0 fully saturated rings. The van der Waals surface area contributed by atoms with E-state index < -0.39 is 17.1 Å². The Morgan fingerprint density at radius 2 is 0.700 bits per heavy atom. The zero-order valence-corrected chi connectivity index (χ0v) is 26.1. The Kier molecular flexibility index (Phi) is 15.6. The molecule has 0 aromatic carbocycles. The van der Waals surface area contributed by atoms with Crippen molar-refractivity contribution in [2.24, 2.45) is 0 Å². The van der Waals surface area contributed by atoms with Gasteiger partial charge in [0.25, 0.3) is 0 Å². The summed E-state index contributed by atoms with van der Waals surface area (Å²) >= 11 is 20.6. The van der Waals surface area contributed by atoms with Crippen molar-refractivity contribution in [1.29, 1.82) is 0 Å². The van der Waals surface area contributed by atoms with E-state index in [0.717, 1.165) is 38.5 Å². The standard InChI is InChI=1S/C18H27Br6N3O3/c19-13(20)7-1-4-10-25-16(28)26(11-5-2-8-14(21)22)18(30)27(17(25)29)12-6-3-9-15(23)24/h13-15H,1-12H2. The summed E-state index contributed by atoms with van der Waals surface area (Å²) in [6.45, 7) is 0.960. The number of unbranched alkanes of at least 4 members (excludes halogenated alkanes) is 3. The van der Waals surface area contributed by atoms with Crippen molar-refractivity contribution in [3.8, 4) is 0 Å². The largest absolute Gasteiger partial charge is 0.336 e. The van der Waals surface area contributed by atoms with Gasteiger partial charge in [-0.25, -0.2) is 28.1 Å². The average Bonchev–Trinajstić information content (AvgIpc) is 2.65. The molecular weight excluding hydrogens is 786 g/mol. The Hall–Kier alpha value is 1.29. The molecule has 1 aromatic heterocycles. The van der Waals surface area contributed by atoms with Crippen molar-refractivity contribution in [3.63, 3.8) is 0 Å². The van der Waals surface area contributed by atoms with Crippen LogP contribution in [0.4, 0.5) is 0 Å². The second kappa shape index (κ2) is 16.0. The molecule has 0 saturated carbocycles. The number of halogens is 6. The number of nitrogens with zero attached hydrogens (tertiary/aromatic N) is 3. The van der Waals surface area contributed by atoms with Crippen LogP contribution in [0.25, 0.3) is 0 Å². The Morgan fingerprint density at radius 3 is 0.900 bits per heavy atom. The van der Waals surface area contributed by atoms with Gasteiger partial charge in [-0.2, -0.15) is 0 Å². The fourth-order valence-electron chi connectivity index (χ4n) is 2.96. The molecule has 0 N–H and O–H groups in total. The normalized spacial score (nSPS) is 11.9. The highest BCUT2D eigenvalue weighted by molar-refractivity contribution is 9.25. The van der Waals surface area contributed by atoms with Crippen molar-refractivity contribution in [3.05, 3.63) is 31.5 Å². The van der Waals surface area contributed by atoms with Gasteiger partial charge in [-0.1, -0.05) is 95.6 Å². The van der Waals surface area contributed by atoms with Crippen molar-refractivity contribution in [1.82, 2.24) is 13.7 Å². The van der Waals surface area contributed by atoms with E-state index in [1.165, 1.54) is 13.7 Å². The number of alkyl halides is 6. The Labute approximate surface area is 227 Å². The van der Waals surface area contributed by atoms with Crippen molar-refractivity contribution >= 4 is 95.6 Å². The van der Waals surface area contributed by atoms with E-state index in [0.29, 0.717) is 38.9 Å². The first-order valence-corrected chi connectivity index (χ1v) is 15.4. The molecule has 0 bridgehead atoms. The molecule has 0 spiro atoms. The second-order valence-electron chi connectivity index (χ2n) is 6.96. The van der Waals surface area contributed by atoms with E-state index >= 15 is 0 Å². The summed E-state index contributed by atoms with van der Waals surface area (Å²) in [4.78, 5) is 38.7. The van der Waals surface area contributed by atoms with Gasteiger partial charge < -0.3 is 0 Å². The Morgan fingerprint density at radius 1 is 0.467 bits per heavy atom. The van der Waals surface area contributed by atoms with Gasteiger partial charge in [0.15, 0.2) is 0 Å². The van der Waals surface area contributed by atoms with Gasteiger partial charge in [0.1, 0.15) is 0 Å². The van der Waals surface area contributed by atoms with E-state index in [2.05, 4.69) is 95.6 Å². The molecule has 174 valence electrons. The maximum absolute atomic E-state index is 12.9. The van der Waals surface area contributed by atoms with Gasteiger partial charge in [-0.15, -0.1) is 0 Å². The summed E-state index contributed by atoms with van der Waals surface area (Å²) in [5, 5.41) is 0. The fourth-order valence-corrected chi connectivity index (χ4v) is 4.90. The maximum Gasteiger partial charge on any atom is 0.336 e. The predicted octanol–water partition coefficient (Wildman–Crippen LogP) is 6.03. The van der Waals surface area contributed by atoms with E-state index in [1.807, 2.05) is 0 Å². The molecule has 0 unspecified atom stereocenters. The lowest BCUT2D eigenvalue weighted by atomic mass is 10.2. The third-order valence-corrected chi connectivity index (χ3v) is 7.29. The van der Waals surface area contributed by atoms with Crippen molar-refractivity contribution in [2.45, 2.75) is 88.6 Å². The number of rotatable bonds is 15. The number of hydrogen-bond acceptors (Lipinski definition) is 3. The van der Waals surface area contributed by atoms with Crippen molar-refractivity contribution < 1.29 is 0 Å². The summed E-state index contributed by atoms with van der Waals surface area (Å²) in [6, 6.07) is 0. The van der Waals surface area contributed by atoms with Crippen LogP contribution in [0.1, 0.15) is 57.8 Å². The summed E-state index contributed by atoms with van der Waals surface area (Å²) < 4.78 is 4.34. The average molecular weight is 813 g/mol. The highest BCUT2D eigenvalue weighted by Gasteiger charge is 2.15. The smallest absolute Gasteiger partial charge is 0.247 e. The van der Waals surface area contributed by atoms with Crippen LogP contribution in [-0.4, -0.2) is 24.9 Å². The van der Waals surface area contributed by atoms with E-state index in [4.69, 9.17) is 0 Å². The number of hydrogen-bond donors (Lipinski definition) is 0. The van der Waals surface area contributed by atoms with Crippen LogP contribution >= 0.6 is 95.6 Å². The summed E-state index contributed by atoms with van der Waals surface area (Å²) in [7, 11) is 0. The lowest BCUT2D eigenvalue weighted by molar-refractivity contribution is 0.417. The molecule has 0 amide bonds. The van der Waals surface area contributed by atoms with Crippen LogP contribution in [-0.2, 0) is 19.6 Å². The Balaban J connectivity index is 3.06. The molecule has 1 heterocycles. The first-order chi connectivity index (χ1) is 14.1. The van der Waals surface area contributed by atoms with E-state index in [1.54, 1.807) is 0 Å². The van der Waals surface area contributed by atoms with Gasteiger partial charge in [0, 0.05) is 19.6 Å². The molecule has 0 aliphatic carbocycles. The molecule has 6 nitrogen and oxygen atoms in total. The molecule has 0 saturated heterocycles. The quantitative estimate of drug-likeness (QED) is 0.161. The van der Waals surface area contributed by atoms with Gasteiger partial charge in [-0.3, -0.25) is 0 Å². The van der Waals surface area contributed by atoms with Crippen LogP contribution in [0.3, 0.4) is 0 Å². The fraction of sp³-hybridized carbons (Fsp3) is 0.833. The second-order valence-corrected chi connectivity index (χ2v) is 17.3. The van der Waals surface area contributed by atoms with E-state index in [-0.39, 0.29) is 11.2 Å². The molecule has 0 aliphatic rings. The van der Waals surface area contributed by atoms with Gasteiger partial charge >= 0.3 is 17.1 Å². The SMILES string of the molecule is O=c1n(CCCCC(Br)Br)c(=O)n(CCCCC(Br)Br)c(=O)n1CCCCC(Br)Br. The predicted molar refractivity (Wildman–Crippen MR) is 146 cm³/mol. The number of aromatic nitrogens is 3. The van der Waals surface area contributed by atoms with Crippen LogP contribution in [0.15, 0.2) is 14.4 Å². The highest BCUT2D eigenvalue weighted by atomic mass is 79.9. The minimum absolute atomic E-state index is 0.215. The molecule has 12 heteroatoms. The van der Waals surface area contributed by atoms with Crippen LogP contribution in [0.5, 0.6) is 0 Å². The van der Waals surface area contributed by atoms with Gasteiger partial charge in [-0.05, 0) is 57.8 Å². The van der Waals surface area contributed by atoms with Gasteiger partial charge in [0.05, 0.1) is 11.2 Å². The zero-order valence-electron chi connectivity index (χ0n) is 16.6. The summed E-state index contributed by atoms with van der Waals surface area (Å²) in [5.41, 5.74) is -1.48. The molecule has 0 atom stereocenters. The third kappa shape index (κ3) is 10.9. The minimum Gasteiger partial charge on any atom is -0.247 e. The zero-order chi connectivity index (χ0) is 22.7. The minimum atomic E-state index is -0.495. The molecular formula is C18H27Br6N3O3. The summed E-state index contributed by atoms with van der Waals surface area (Å²) in [6.07, 6.45) is 7.36. The molecule has 0 aliphatic heterocycles. The Bertz CT molecular complexity index is 669. The third-order valence-electron chi connectivity index (χ3n) is 4.55. The molecule has 0 radical (unpaired) electrons. The maximum atomic E-state index is 12.9. The lowest BCUT2D eigenvalue weighted by Crippen LogP contribution is -2.54. The molecule has 1 rings (SSSR count).